The molecule has 152 valence electrons. The molecule has 3 heterocycles. The van der Waals surface area contributed by atoms with Crippen molar-refractivity contribution in [1.29, 1.82) is 0 Å². The van der Waals surface area contributed by atoms with Gasteiger partial charge < -0.3 is 15.4 Å². The van der Waals surface area contributed by atoms with Crippen molar-refractivity contribution in [3.05, 3.63) is 53.6 Å². The number of hydrogen-bond acceptors (Lipinski definition) is 4. The summed E-state index contributed by atoms with van der Waals surface area (Å²) in [7, 11) is 0. The van der Waals surface area contributed by atoms with Gasteiger partial charge in [0.05, 0.1) is 11.6 Å². The summed E-state index contributed by atoms with van der Waals surface area (Å²) in [6.45, 7) is 2.95. The number of aromatic nitrogens is 2. The number of hydrogen-bond donors (Lipinski definition) is 2. The van der Waals surface area contributed by atoms with E-state index in [-0.39, 0.29) is 30.2 Å². The van der Waals surface area contributed by atoms with Gasteiger partial charge in [-0.05, 0) is 56.0 Å². The third-order valence-electron chi connectivity index (χ3n) is 5.56. The summed E-state index contributed by atoms with van der Waals surface area (Å²) in [5, 5.41) is 11.0. The summed E-state index contributed by atoms with van der Waals surface area (Å²) in [4.78, 5) is 12.9. The lowest BCUT2D eigenvalue weighted by atomic mass is 9.82. The second-order valence-electron chi connectivity index (χ2n) is 7.34. The van der Waals surface area contributed by atoms with Crippen LogP contribution in [0.5, 0.6) is 0 Å². The van der Waals surface area contributed by atoms with E-state index in [4.69, 9.17) is 4.74 Å². The topological polar surface area (TPSA) is 68.2 Å². The molecule has 8 heteroatoms. The van der Waals surface area contributed by atoms with Gasteiger partial charge in [-0.3, -0.25) is 9.48 Å². The largest absolute Gasteiger partial charge is 0.381 e. The lowest BCUT2D eigenvalue weighted by Gasteiger charge is -2.38. The zero-order valence-corrected chi connectivity index (χ0v) is 16.5. The molecule has 28 heavy (non-hydrogen) atoms. The first kappa shape index (κ1) is 20.8. The zero-order chi connectivity index (χ0) is 18.7. The predicted molar refractivity (Wildman–Crippen MR) is 106 cm³/mol. The summed E-state index contributed by atoms with van der Waals surface area (Å²) in [5.74, 6) is -0.537. The molecule has 0 spiro atoms. The Bertz CT molecular complexity index is 801. The van der Waals surface area contributed by atoms with Crippen molar-refractivity contribution in [3.8, 4) is 0 Å². The molecular weight excluding hydrogens is 383 g/mol. The first-order valence-electron chi connectivity index (χ1n) is 9.58. The minimum absolute atomic E-state index is 0. The van der Waals surface area contributed by atoms with E-state index in [9.17, 15) is 9.18 Å². The molecule has 0 saturated carbocycles. The Morgan fingerprint density at radius 3 is 2.86 bits per heavy atom. The highest BCUT2D eigenvalue weighted by molar-refractivity contribution is 5.92. The van der Waals surface area contributed by atoms with Crippen molar-refractivity contribution >= 4 is 18.3 Å². The fourth-order valence-electron chi connectivity index (χ4n) is 3.99. The van der Waals surface area contributed by atoms with Crippen molar-refractivity contribution < 1.29 is 13.9 Å². The van der Waals surface area contributed by atoms with Crippen LogP contribution in [0.2, 0.25) is 0 Å². The summed E-state index contributed by atoms with van der Waals surface area (Å²) in [5.41, 5.74) is 0.533. The number of amides is 1. The first-order valence-corrected chi connectivity index (χ1v) is 9.58. The molecule has 2 aliphatic heterocycles. The maximum atomic E-state index is 13.8. The molecular formula is C20H26ClFN4O2. The van der Waals surface area contributed by atoms with E-state index < -0.39 is 5.54 Å². The van der Waals surface area contributed by atoms with E-state index >= 15 is 0 Å². The lowest BCUT2D eigenvalue weighted by Crippen LogP contribution is -2.49. The van der Waals surface area contributed by atoms with Crippen molar-refractivity contribution in [2.75, 3.05) is 26.3 Å². The van der Waals surface area contributed by atoms with Gasteiger partial charge in [0.15, 0.2) is 0 Å². The van der Waals surface area contributed by atoms with Crippen molar-refractivity contribution in [1.82, 2.24) is 20.4 Å². The Labute approximate surface area is 170 Å². The molecule has 1 aromatic carbocycles. The average molecular weight is 409 g/mol. The van der Waals surface area contributed by atoms with Gasteiger partial charge in [0.1, 0.15) is 11.5 Å². The SMILES string of the molecule is Cl.O=C(NC1(c2cccc(F)c2)CCOCC1)c1ccn(C2CCCNC2)n1. The maximum absolute atomic E-state index is 13.8. The van der Waals surface area contributed by atoms with Crippen LogP contribution in [-0.2, 0) is 10.3 Å². The second kappa shape index (κ2) is 9.03. The Morgan fingerprint density at radius 2 is 2.14 bits per heavy atom. The number of benzene rings is 1. The van der Waals surface area contributed by atoms with Crippen LogP contribution >= 0.6 is 12.4 Å². The van der Waals surface area contributed by atoms with Crippen molar-refractivity contribution in [2.45, 2.75) is 37.3 Å². The Morgan fingerprint density at radius 1 is 1.32 bits per heavy atom. The van der Waals surface area contributed by atoms with Gasteiger partial charge >= 0.3 is 0 Å². The van der Waals surface area contributed by atoms with E-state index in [0.29, 0.717) is 31.7 Å². The van der Waals surface area contributed by atoms with Gasteiger partial charge in [0.25, 0.3) is 5.91 Å². The molecule has 2 aliphatic rings. The minimum Gasteiger partial charge on any atom is -0.381 e. The van der Waals surface area contributed by atoms with Crippen LogP contribution < -0.4 is 10.6 Å². The van der Waals surface area contributed by atoms with Gasteiger partial charge in [0, 0.05) is 26.0 Å². The molecule has 1 aromatic heterocycles. The highest BCUT2D eigenvalue weighted by Gasteiger charge is 2.37. The van der Waals surface area contributed by atoms with Crippen LogP contribution in [0.25, 0.3) is 0 Å². The quantitative estimate of drug-likeness (QED) is 0.816. The summed E-state index contributed by atoms with van der Waals surface area (Å²) >= 11 is 0. The molecule has 2 fully saturated rings. The molecule has 1 atom stereocenters. The highest BCUT2D eigenvalue weighted by atomic mass is 35.5. The van der Waals surface area contributed by atoms with Gasteiger partial charge in [0.2, 0.25) is 0 Å². The van der Waals surface area contributed by atoms with Crippen LogP contribution in [0.3, 0.4) is 0 Å². The maximum Gasteiger partial charge on any atom is 0.272 e. The normalized spacial score (nSPS) is 21.5. The zero-order valence-electron chi connectivity index (χ0n) is 15.7. The third kappa shape index (κ3) is 4.37. The number of ether oxygens (including phenoxy) is 1. The van der Waals surface area contributed by atoms with Gasteiger partial charge in [-0.15, -0.1) is 12.4 Å². The fraction of sp³-hybridized carbons (Fsp3) is 0.500. The molecule has 2 saturated heterocycles. The third-order valence-corrected chi connectivity index (χ3v) is 5.56. The van der Waals surface area contributed by atoms with E-state index in [1.54, 1.807) is 12.1 Å². The number of rotatable bonds is 4. The van der Waals surface area contributed by atoms with Crippen LogP contribution in [0.1, 0.15) is 47.8 Å². The Hall–Kier alpha value is -1.96. The molecule has 4 rings (SSSR count). The monoisotopic (exact) mass is 408 g/mol. The molecule has 1 unspecified atom stereocenters. The summed E-state index contributed by atoms with van der Waals surface area (Å²) in [6.07, 6.45) is 5.24. The van der Waals surface area contributed by atoms with Crippen LogP contribution in [0, 0.1) is 5.82 Å². The van der Waals surface area contributed by atoms with Gasteiger partial charge in [-0.2, -0.15) is 5.10 Å². The molecule has 1 amide bonds. The van der Waals surface area contributed by atoms with Gasteiger partial charge in [-0.25, -0.2) is 4.39 Å². The Balaban J connectivity index is 0.00000225. The highest BCUT2D eigenvalue weighted by Crippen LogP contribution is 2.33. The van der Waals surface area contributed by atoms with Crippen LogP contribution in [0.15, 0.2) is 36.5 Å². The summed E-state index contributed by atoms with van der Waals surface area (Å²) in [6, 6.07) is 8.49. The van der Waals surface area contributed by atoms with E-state index in [1.165, 1.54) is 12.1 Å². The second-order valence-corrected chi connectivity index (χ2v) is 7.34. The van der Waals surface area contributed by atoms with Crippen LogP contribution in [0.4, 0.5) is 4.39 Å². The smallest absolute Gasteiger partial charge is 0.272 e. The van der Waals surface area contributed by atoms with Crippen LogP contribution in [-0.4, -0.2) is 42.0 Å². The fourth-order valence-corrected chi connectivity index (χ4v) is 3.99. The molecule has 6 nitrogen and oxygen atoms in total. The molecule has 2 N–H and O–H groups in total. The number of halogens is 2. The Kier molecular flexibility index (Phi) is 6.69. The van der Waals surface area contributed by atoms with Crippen molar-refractivity contribution in [2.24, 2.45) is 0 Å². The van der Waals surface area contributed by atoms with E-state index in [0.717, 1.165) is 31.5 Å². The number of nitrogens with zero attached hydrogens (tertiary/aromatic N) is 2. The van der Waals surface area contributed by atoms with E-state index in [2.05, 4.69) is 15.7 Å². The molecule has 0 aliphatic carbocycles. The molecule has 2 aromatic rings. The molecule has 0 radical (unpaired) electrons. The number of carbonyl (C=O) groups excluding carboxylic acids is 1. The lowest BCUT2D eigenvalue weighted by molar-refractivity contribution is 0.0342. The summed E-state index contributed by atoms with van der Waals surface area (Å²) < 4.78 is 21.1. The minimum atomic E-state index is -0.631. The van der Waals surface area contributed by atoms with Crippen molar-refractivity contribution in [3.63, 3.8) is 0 Å². The predicted octanol–water partition coefficient (Wildman–Crippen LogP) is 2.80. The van der Waals surface area contributed by atoms with E-state index in [1.807, 2.05) is 16.9 Å². The van der Waals surface area contributed by atoms with Gasteiger partial charge in [-0.1, -0.05) is 12.1 Å². The standard InChI is InChI=1S/C20H25FN4O2.ClH/c21-16-4-1-3-15(13-16)20(7-11-27-12-8-20)23-19(26)18-6-10-25(24-18)17-5-2-9-22-14-17;/h1,3-4,6,10,13,17,22H,2,5,7-9,11-12,14H2,(H,23,26);1H. The average Bonchev–Trinajstić information content (AvgIpc) is 3.20. The molecule has 0 bridgehead atoms. The number of carbonyl (C=O) groups is 1. The number of nitrogens with one attached hydrogen (secondary N) is 2. The number of piperidine rings is 1. The first-order chi connectivity index (χ1) is 13.2.